The van der Waals surface area contributed by atoms with Crippen LogP contribution in [0.1, 0.15) is 32.4 Å². The molecule has 0 spiro atoms. The van der Waals surface area contributed by atoms with E-state index in [2.05, 4.69) is 20.4 Å². The van der Waals surface area contributed by atoms with Crippen LogP contribution in [0.5, 0.6) is 0 Å². The van der Waals surface area contributed by atoms with Gasteiger partial charge in [0, 0.05) is 11.4 Å². The summed E-state index contributed by atoms with van der Waals surface area (Å²) in [6.07, 6.45) is 0. The van der Waals surface area contributed by atoms with E-state index in [1.165, 1.54) is 44.2 Å². The molecule has 0 saturated heterocycles. The zero-order valence-corrected chi connectivity index (χ0v) is 17.7. The molecule has 0 amide bonds. The molecular weight excluding hydrogens is 404 g/mol. The summed E-state index contributed by atoms with van der Waals surface area (Å²) in [6, 6.07) is 3.73. The maximum absolute atomic E-state index is 12.2. The normalized spacial score (nSPS) is 11.1. The van der Waals surface area contributed by atoms with E-state index in [1.54, 1.807) is 0 Å². The van der Waals surface area contributed by atoms with Crippen LogP contribution in [0.3, 0.4) is 0 Å². The monoisotopic (exact) mass is 422 g/mol. The van der Waals surface area contributed by atoms with E-state index in [0.717, 1.165) is 22.8 Å². The van der Waals surface area contributed by atoms with Crippen LogP contribution in [0.15, 0.2) is 20.8 Å². The van der Waals surface area contributed by atoms with E-state index in [-0.39, 0.29) is 23.3 Å². The lowest BCUT2D eigenvalue weighted by molar-refractivity contribution is 0.0915. The highest BCUT2D eigenvalue weighted by molar-refractivity contribution is 8.03. The van der Waals surface area contributed by atoms with Crippen LogP contribution in [-0.4, -0.2) is 53.1 Å². The van der Waals surface area contributed by atoms with Gasteiger partial charge in [-0.25, -0.2) is 9.36 Å². The SMILES string of the molecule is Cc1cc(C)n(C(=O)CSc2nnc(SCC(=O)n3nc(C)cc3C)s2)n1. The topological polar surface area (TPSA) is 95.6 Å². The number of aryl methyl sites for hydroxylation is 4. The molecule has 3 rings (SSSR count). The standard InChI is InChI=1S/C16H18N6O2S3/c1-9-5-11(3)21(19-9)13(23)7-25-15-17-18-16(27-15)26-8-14(24)22-12(4)6-10(2)20-22/h5-6H,7-8H2,1-4H3. The Kier molecular flexibility index (Phi) is 6.12. The van der Waals surface area contributed by atoms with Crippen LogP contribution in [0.25, 0.3) is 0 Å². The van der Waals surface area contributed by atoms with Crippen molar-refractivity contribution in [3.63, 3.8) is 0 Å². The second-order valence-electron chi connectivity index (χ2n) is 5.88. The summed E-state index contributed by atoms with van der Waals surface area (Å²) < 4.78 is 4.19. The molecule has 11 heteroatoms. The Bertz CT molecular complexity index is 914. The van der Waals surface area contributed by atoms with Crippen molar-refractivity contribution in [2.75, 3.05) is 11.5 Å². The molecule has 8 nitrogen and oxygen atoms in total. The van der Waals surface area contributed by atoms with Gasteiger partial charge in [-0.05, 0) is 39.8 Å². The van der Waals surface area contributed by atoms with Gasteiger partial charge in [0.25, 0.3) is 11.8 Å². The second kappa shape index (κ2) is 8.36. The number of aromatic nitrogens is 6. The fourth-order valence-corrected chi connectivity index (χ4v) is 5.15. The zero-order valence-electron chi connectivity index (χ0n) is 15.3. The van der Waals surface area contributed by atoms with Crippen molar-refractivity contribution in [3.8, 4) is 0 Å². The second-order valence-corrected chi connectivity index (χ2v) is 9.30. The Morgan fingerprint density at radius 2 is 1.26 bits per heavy atom. The first-order valence-corrected chi connectivity index (χ1v) is 10.8. The molecule has 3 aromatic heterocycles. The first-order valence-electron chi connectivity index (χ1n) is 8.05. The van der Waals surface area contributed by atoms with Crippen LogP contribution < -0.4 is 0 Å². The molecule has 142 valence electrons. The number of nitrogens with zero attached hydrogens (tertiary/aromatic N) is 6. The van der Waals surface area contributed by atoms with Gasteiger partial charge in [-0.15, -0.1) is 10.2 Å². The lowest BCUT2D eigenvalue weighted by atomic mass is 10.4. The van der Waals surface area contributed by atoms with Crippen molar-refractivity contribution in [2.24, 2.45) is 0 Å². The molecular formula is C16H18N6O2S3. The van der Waals surface area contributed by atoms with Gasteiger partial charge in [0.2, 0.25) is 0 Å². The smallest absolute Gasteiger partial charge is 0.257 e. The lowest BCUT2D eigenvalue weighted by Gasteiger charge is -2.01. The van der Waals surface area contributed by atoms with Crippen molar-refractivity contribution in [2.45, 2.75) is 36.4 Å². The van der Waals surface area contributed by atoms with E-state index in [9.17, 15) is 9.59 Å². The van der Waals surface area contributed by atoms with Crippen LogP contribution >= 0.6 is 34.9 Å². The molecule has 0 saturated carbocycles. The maximum atomic E-state index is 12.2. The number of thioether (sulfide) groups is 2. The summed E-state index contributed by atoms with van der Waals surface area (Å²) in [7, 11) is 0. The van der Waals surface area contributed by atoms with Gasteiger partial charge < -0.3 is 0 Å². The third kappa shape index (κ3) is 4.85. The number of carbonyl (C=O) groups is 2. The Labute approximate surface area is 168 Å². The van der Waals surface area contributed by atoms with Gasteiger partial charge in [-0.2, -0.15) is 10.2 Å². The minimum atomic E-state index is -0.102. The summed E-state index contributed by atoms with van der Waals surface area (Å²) >= 11 is 4.00. The summed E-state index contributed by atoms with van der Waals surface area (Å²) in [6.45, 7) is 7.40. The number of hydrogen-bond donors (Lipinski definition) is 0. The minimum Gasteiger partial charge on any atom is -0.272 e. The van der Waals surface area contributed by atoms with E-state index in [1.807, 2.05) is 39.8 Å². The van der Waals surface area contributed by atoms with Crippen LogP contribution in [0.2, 0.25) is 0 Å². The molecule has 0 atom stereocenters. The molecule has 0 N–H and O–H groups in total. The highest BCUT2D eigenvalue weighted by Crippen LogP contribution is 2.29. The molecule has 0 radical (unpaired) electrons. The molecule has 0 fully saturated rings. The summed E-state index contributed by atoms with van der Waals surface area (Å²) in [5.41, 5.74) is 3.25. The first-order chi connectivity index (χ1) is 12.8. The third-order valence-corrected chi connectivity index (χ3v) is 6.68. The summed E-state index contributed by atoms with van der Waals surface area (Å²) in [5, 5.41) is 16.5. The average Bonchev–Trinajstić information content (AvgIpc) is 3.29. The molecule has 27 heavy (non-hydrogen) atoms. The van der Waals surface area contributed by atoms with Crippen molar-refractivity contribution in [3.05, 3.63) is 34.9 Å². The Hall–Kier alpha value is -1.98. The quantitative estimate of drug-likeness (QED) is 0.559. The maximum Gasteiger partial charge on any atom is 0.257 e. The molecule has 0 bridgehead atoms. The number of hydrogen-bond acceptors (Lipinski definition) is 9. The fraction of sp³-hybridized carbons (Fsp3) is 0.375. The van der Waals surface area contributed by atoms with Crippen molar-refractivity contribution in [1.29, 1.82) is 0 Å². The zero-order chi connectivity index (χ0) is 19.6. The molecule has 0 unspecified atom stereocenters. The van der Waals surface area contributed by atoms with E-state index >= 15 is 0 Å². The van der Waals surface area contributed by atoms with Crippen LogP contribution in [0.4, 0.5) is 0 Å². The summed E-state index contributed by atoms with van der Waals surface area (Å²) in [5.74, 6) is 0.252. The Balaban J connectivity index is 1.52. The van der Waals surface area contributed by atoms with Crippen LogP contribution in [-0.2, 0) is 0 Å². The van der Waals surface area contributed by atoms with Gasteiger partial charge in [0.05, 0.1) is 22.9 Å². The van der Waals surface area contributed by atoms with Gasteiger partial charge in [-0.1, -0.05) is 34.9 Å². The van der Waals surface area contributed by atoms with Crippen molar-refractivity contribution >= 4 is 46.7 Å². The first kappa shape index (κ1) is 19.8. The summed E-state index contributed by atoms with van der Waals surface area (Å²) in [4.78, 5) is 24.5. The van der Waals surface area contributed by atoms with Crippen molar-refractivity contribution < 1.29 is 9.59 Å². The highest BCUT2D eigenvalue weighted by Gasteiger charge is 2.15. The lowest BCUT2D eigenvalue weighted by Crippen LogP contribution is -2.16. The van der Waals surface area contributed by atoms with Gasteiger partial charge >= 0.3 is 0 Å². The van der Waals surface area contributed by atoms with Crippen molar-refractivity contribution in [1.82, 2.24) is 29.8 Å². The van der Waals surface area contributed by atoms with E-state index in [0.29, 0.717) is 8.68 Å². The third-order valence-electron chi connectivity index (χ3n) is 3.52. The van der Waals surface area contributed by atoms with E-state index < -0.39 is 0 Å². The number of rotatable bonds is 6. The fourth-order valence-electron chi connectivity index (χ4n) is 2.45. The Morgan fingerprint density at radius 1 is 0.852 bits per heavy atom. The average molecular weight is 423 g/mol. The minimum absolute atomic E-state index is 0.102. The molecule has 0 aliphatic rings. The number of carbonyl (C=O) groups excluding carboxylic acids is 2. The molecule has 0 aromatic carbocycles. The van der Waals surface area contributed by atoms with Crippen LogP contribution in [0, 0.1) is 27.7 Å². The van der Waals surface area contributed by atoms with Gasteiger partial charge in [-0.3, -0.25) is 9.59 Å². The van der Waals surface area contributed by atoms with E-state index in [4.69, 9.17) is 0 Å². The predicted molar refractivity (Wildman–Crippen MR) is 106 cm³/mol. The van der Waals surface area contributed by atoms with Gasteiger partial charge in [0.1, 0.15) is 0 Å². The Morgan fingerprint density at radius 3 is 1.59 bits per heavy atom. The molecule has 0 aliphatic heterocycles. The molecule has 3 heterocycles. The van der Waals surface area contributed by atoms with Gasteiger partial charge in [0.15, 0.2) is 8.68 Å². The molecule has 3 aromatic rings. The largest absolute Gasteiger partial charge is 0.272 e. The molecule has 0 aliphatic carbocycles. The highest BCUT2D eigenvalue weighted by atomic mass is 32.2. The predicted octanol–water partition coefficient (Wildman–Crippen LogP) is 3.03.